The number of aliphatic carboxylic acids is 1. The number of aromatic nitrogens is 2. The Morgan fingerprint density at radius 3 is 2.54 bits per heavy atom. The summed E-state index contributed by atoms with van der Waals surface area (Å²) in [6, 6.07) is 4.20. The van der Waals surface area contributed by atoms with Crippen LogP contribution < -0.4 is 4.90 Å². The Bertz CT molecular complexity index is 1200. The van der Waals surface area contributed by atoms with Gasteiger partial charge in [0.05, 0.1) is 29.7 Å². The van der Waals surface area contributed by atoms with Crippen molar-refractivity contribution in [3.63, 3.8) is 0 Å². The van der Waals surface area contributed by atoms with Gasteiger partial charge in [-0.25, -0.2) is 9.78 Å². The van der Waals surface area contributed by atoms with Gasteiger partial charge in [-0.15, -0.1) is 0 Å². The van der Waals surface area contributed by atoms with Crippen LogP contribution in [0.4, 0.5) is 10.5 Å². The molecule has 2 aromatic rings. The molecule has 2 amide bonds. The molecule has 0 bridgehead atoms. The van der Waals surface area contributed by atoms with Gasteiger partial charge in [-0.2, -0.15) is 0 Å². The molecule has 1 saturated heterocycles. The van der Waals surface area contributed by atoms with Crippen LogP contribution in [-0.4, -0.2) is 63.8 Å². The standard InChI is InChI=1S/C28H38N4O5/c1-17-7-8-22-23(31(17)28(36)37-3)9-10-24-26(22)29-25(15-19-11-13-30(14-12-19)18(2)33)32(24)21-6-4-5-20(16-21)27(34)35/h9-10,17,19-21H,4-8,11-16H2,1-3H3,(H,34,35)/t17-,20+,21+/m0/s1. The SMILES string of the molecule is COC(=O)N1c2ccc3c(nc(CC4CCN(C(C)=O)CC4)n3[C@@H]3CCC[C@@H](C(=O)O)C3)c2CC[C@@H]1C. The molecule has 37 heavy (non-hydrogen) atoms. The molecule has 9 heteroatoms. The molecule has 1 N–H and O–H groups in total. The van der Waals surface area contributed by atoms with E-state index in [-0.39, 0.29) is 30.0 Å². The van der Waals surface area contributed by atoms with Crippen LogP contribution in [0.15, 0.2) is 12.1 Å². The van der Waals surface area contributed by atoms with Gasteiger partial charge in [0.1, 0.15) is 5.82 Å². The molecular formula is C28H38N4O5. The molecule has 0 unspecified atom stereocenters. The number of methoxy groups -OCH3 is 1. The third kappa shape index (κ3) is 4.80. The number of anilines is 1. The molecule has 5 rings (SSSR count). The van der Waals surface area contributed by atoms with E-state index in [0.717, 1.165) is 92.6 Å². The third-order valence-corrected chi connectivity index (χ3v) is 8.79. The zero-order valence-electron chi connectivity index (χ0n) is 22.1. The van der Waals surface area contributed by atoms with E-state index in [1.165, 1.54) is 7.11 Å². The van der Waals surface area contributed by atoms with Crippen LogP contribution in [0.5, 0.6) is 0 Å². The Morgan fingerprint density at radius 1 is 1.11 bits per heavy atom. The smallest absolute Gasteiger partial charge is 0.414 e. The number of benzene rings is 1. The second kappa shape index (κ2) is 10.3. The number of amides is 2. The van der Waals surface area contributed by atoms with E-state index in [9.17, 15) is 19.5 Å². The van der Waals surface area contributed by atoms with Gasteiger partial charge >= 0.3 is 12.1 Å². The summed E-state index contributed by atoms with van der Waals surface area (Å²) in [7, 11) is 1.41. The highest BCUT2D eigenvalue weighted by Crippen LogP contribution is 2.41. The van der Waals surface area contributed by atoms with Crippen LogP contribution in [0.3, 0.4) is 0 Å². The monoisotopic (exact) mass is 510 g/mol. The minimum atomic E-state index is -0.715. The normalized spacial score (nSPS) is 24.7. The summed E-state index contributed by atoms with van der Waals surface area (Å²) in [6.07, 6.45) is 7.14. The number of aryl methyl sites for hydroxylation is 1. The van der Waals surface area contributed by atoms with Crippen molar-refractivity contribution in [3.05, 3.63) is 23.5 Å². The molecule has 1 aliphatic carbocycles. The lowest BCUT2D eigenvalue weighted by atomic mass is 9.85. The number of nitrogens with zero attached hydrogens (tertiary/aromatic N) is 4. The lowest BCUT2D eigenvalue weighted by Gasteiger charge is -2.34. The van der Waals surface area contributed by atoms with Crippen molar-refractivity contribution < 1.29 is 24.2 Å². The van der Waals surface area contributed by atoms with Crippen LogP contribution in [-0.2, 0) is 27.2 Å². The molecule has 1 aromatic carbocycles. The molecular weight excluding hydrogens is 472 g/mol. The van der Waals surface area contributed by atoms with Crippen LogP contribution >= 0.6 is 0 Å². The fourth-order valence-corrected chi connectivity index (χ4v) is 6.71. The first-order valence-corrected chi connectivity index (χ1v) is 13.7. The molecule has 0 radical (unpaired) electrons. The Hall–Kier alpha value is -3.10. The number of hydrogen-bond donors (Lipinski definition) is 1. The first-order chi connectivity index (χ1) is 17.8. The van der Waals surface area contributed by atoms with E-state index in [1.54, 1.807) is 11.8 Å². The summed E-state index contributed by atoms with van der Waals surface area (Å²) < 4.78 is 7.41. The number of piperidine rings is 1. The number of rotatable bonds is 4. The van der Waals surface area contributed by atoms with Gasteiger partial charge in [0, 0.05) is 44.1 Å². The minimum Gasteiger partial charge on any atom is -0.481 e. The number of imidazole rings is 1. The molecule has 2 fully saturated rings. The van der Waals surface area contributed by atoms with Gasteiger partial charge in [0.2, 0.25) is 5.91 Å². The molecule has 1 aromatic heterocycles. The number of carbonyl (C=O) groups is 3. The summed E-state index contributed by atoms with van der Waals surface area (Å²) in [6.45, 7) is 5.21. The fourth-order valence-electron chi connectivity index (χ4n) is 6.71. The number of carboxylic acids is 1. The van der Waals surface area contributed by atoms with Crippen LogP contribution in [0, 0.1) is 11.8 Å². The van der Waals surface area contributed by atoms with Crippen molar-refractivity contribution in [3.8, 4) is 0 Å². The van der Waals surface area contributed by atoms with E-state index < -0.39 is 5.97 Å². The molecule has 3 heterocycles. The van der Waals surface area contributed by atoms with Gasteiger partial charge in [0.25, 0.3) is 0 Å². The molecule has 1 saturated carbocycles. The topological polar surface area (TPSA) is 105 Å². The maximum Gasteiger partial charge on any atom is 0.414 e. The highest BCUT2D eigenvalue weighted by Gasteiger charge is 2.35. The zero-order valence-corrected chi connectivity index (χ0v) is 22.1. The number of carbonyl (C=O) groups excluding carboxylic acids is 2. The highest BCUT2D eigenvalue weighted by atomic mass is 16.5. The van der Waals surface area contributed by atoms with Gasteiger partial charge in [-0.1, -0.05) is 6.42 Å². The second-order valence-corrected chi connectivity index (χ2v) is 11.1. The Balaban J connectivity index is 1.55. The number of ether oxygens (including phenoxy) is 1. The van der Waals surface area contributed by atoms with Crippen molar-refractivity contribution in [2.24, 2.45) is 11.8 Å². The van der Waals surface area contributed by atoms with Crippen LogP contribution in [0.1, 0.15) is 76.2 Å². The summed E-state index contributed by atoms with van der Waals surface area (Å²) in [5.41, 5.74) is 3.88. The lowest BCUT2D eigenvalue weighted by Crippen LogP contribution is -2.42. The summed E-state index contributed by atoms with van der Waals surface area (Å²) in [5, 5.41) is 9.75. The van der Waals surface area contributed by atoms with Gasteiger partial charge < -0.3 is 19.3 Å². The Morgan fingerprint density at radius 2 is 1.86 bits per heavy atom. The second-order valence-electron chi connectivity index (χ2n) is 11.1. The predicted octanol–water partition coefficient (Wildman–Crippen LogP) is 4.56. The van der Waals surface area contributed by atoms with E-state index in [4.69, 9.17) is 9.72 Å². The highest BCUT2D eigenvalue weighted by molar-refractivity contribution is 5.95. The third-order valence-electron chi connectivity index (χ3n) is 8.79. The van der Waals surface area contributed by atoms with Crippen LogP contribution in [0.2, 0.25) is 0 Å². The minimum absolute atomic E-state index is 0.0417. The predicted molar refractivity (Wildman–Crippen MR) is 140 cm³/mol. The van der Waals surface area contributed by atoms with E-state index in [2.05, 4.69) is 10.6 Å². The summed E-state index contributed by atoms with van der Waals surface area (Å²) >= 11 is 0. The van der Waals surface area contributed by atoms with Crippen molar-refractivity contribution in [1.29, 1.82) is 0 Å². The molecule has 200 valence electrons. The van der Waals surface area contributed by atoms with E-state index in [0.29, 0.717) is 12.3 Å². The number of hydrogen-bond acceptors (Lipinski definition) is 5. The number of carboxylic acid groups (broad SMARTS) is 1. The van der Waals surface area contributed by atoms with E-state index >= 15 is 0 Å². The number of fused-ring (bicyclic) bond motifs is 3. The van der Waals surface area contributed by atoms with Gasteiger partial charge in [-0.05, 0) is 69.9 Å². The first kappa shape index (κ1) is 25.5. The average Bonchev–Trinajstić information content (AvgIpc) is 3.26. The van der Waals surface area contributed by atoms with Crippen molar-refractivity contribution >= 4 is 34.7 Å². The van der Waals surface area contributed by atoms with Crippen molar-refractivity contribution in [2.45, 2.75) is 83.7 Å². The average molecular weight is 511 g/mol. The Kier molecular flexibility index (Phi) is 7.14. The lowest BCUT2D eigenvalue weighted by molar-refractivity contribution is -0.143. The van der Waals surface area contributed by atoms with Crippen molar-refractivity contribution in [1.82, 2.24) is 14.5 Å². The van der Waals surface area contributed by atoms with Crippen LogP contribution in [0.25, 0.3) is 11.0 Å². The van der Waals surface area contributed by atoms with Gasteiger partial charge in [-0.3, -0.25) is 14.5 Å². The zero-order chi connectivity index (χ0) is 26.3. The molecule has 3 aliphatic rings. The number of likely N-dealkylation sites (tertiary alicyclic amines) is 1. The van der Waals surface area contributed by atoms with Gasteiger partial charge in [0.15, 0.2) is 0 Å². The fraction of sp³-hybridized carbons (Fsp3) is 0.643. The maximum absolute atomic E-state index is 12.6. The van der Waals surface area contributed by atoms with Crippen molar-refractivity contribution in [2.75, 3.05) is 25.1 Å². The Labute approximate surface area is 217 Å². The summed E-state index contributed by atoms with van der Waals surface area (Å²) in [4.78, 5) is 45.2. The quantitative estimate of drug-likeness (QED) is 0.647. The maximum atomic E-state index is 12.6. The largest absolute Gasteiger partial charge is 0.481 e. The summed E-state index contributed by atoms with van der Waals surface area (Å²) in [5.74, 6) is 0.503. The molecule has 3 atom stereocenters. The first-order valence-electron chi connectivity index (χ1n) is 13.7. The molecule has 9 nitrogen and oxygen atoms in total. The molecule has 2 aliphatic heterocycles. The van der Waals surface area contributed by atoms with E-state index in [1.807, 2.05) is 17.9 Å². The molecule has 0 spiro atoms.